The molecule has 2 heterocycles. The molecule has 138 valence electrons. The van der Waals surface area contributed by atoms with Gasteiger partial charge < -0.3 is 15.1 Å². The molecule has 2 saturated heterocycles. The predicted octanol–water partition coefficient (Wildman–Crippen LogP) is 1.22. The number of hydrogen-bond donors (Lipinski definition) is 1. The Morgan fingerprint density at radius 2 is 1.96 bits per heavy atom. The van der Waals surface area contributed by atoms with Crippen molar-refractivity contribution in [3.8, 4) is 0 Å². The number of rotatable bonds is 3. The number of likely N-dealkylation sites (tertiary alicyclic amines) is 2. The van der Waals surface area contributed by atoms with E-state index in [0.717, 1.165) is 37.1 Å². The molecule has 0 aromatic carbocycles. The standard InChI is InChI=1S/C17H31N5O.HI/c1-18-17(19-11-16(23)20(2)3)21-10-8-15-13(12-21)5-4-9-22(15)14-6-7-14;/h13-15H,4-12H2,1-3H3,(H,18,19);1H. The zero-order chi connectivity index (χ0) is 16.4. The smallest absolute Gasteiger partial charge is 0.241 e. The summed E-state index contributed by atoms with van der Waals surface area (Å²) in [5, 5.41) is 3.23. The van der Waals surface area contributed by atoms with Crippen LogP contribution in [0.5, 0.6) is 0 Å². The minimum absolute atomic E-state index is 0. The van der Waals surface area contributed by atoms with Gasteiger partial charge in [-0.2, -0.15) is 0 Å². The molecule has 6 nitrogen and oxygen atoms in total. The molecular weight excluding hydrogens is 417 g/mol. The SMILES string of the molecule is CN=C(NCC(=O)N(C)C)N1CCC2C(CCCN2C2CC2)C1.I. The summed E-state index contributed by atoms with van der Waals surface area (Å²) in [5.41, 5.74) is 0. The largest absolute Gasteiger partial charge is 0.347 e. The highest BCUT2D eigenvalue weighted by Crippen LogP contribution is 2.38. The van der Waals surface area contributed by atoms with Crippen LogP contribution in [0.4, 0.5) is 0 Å². The van der Waals surface area contributed by atoms with Crippen LogP contribution in [-0.4, -0.2) is 86.0 Å². The molecule has 24 heavy (non-hydrogen) atoms. The molecule has 7 heteroatoms. The number of amides is 1. The topological polar surface area (TPSA) is 51.2 Å². The molecule has 0 bridgehead atoms. The van der Waals surface area contributed by atoms with Gasteiger partial charge >= 0.3 is 0 Å². The van der Waals surface area contributed by atoms with Crippen LogP contribution in [0.1, 0.15) is 32.1 Å². The highest BCUT2D eigenvalue weighted by molar-refractivity contribution is 14.0. The van der Waals surface area contributed by atoms with Crippen molar-refractivity contribution in [1.82, 2.24) is 20.0 Å². The molecule has 1 N–H and O–H groups in total. The summed E-state index contributed by atoms with van der Waals surface area (Å²) in [7, 11) is 5.38. The van der Waals surface area contributed by atoms with Gasteiger partial charge in [-0.3, -0.25) is 14.7 Å². The van der Waals surface area contributed by atoms with E-state index < -0.39 is 0 Å². The van der Waals surface area contributed by atoms with Gasteiger partial charge in [-0.25, -0.2) is 0 Å². The number of likely N-dealkylation sites (N-methyl/N-ethyl adjacent to an activating group) is 1. The molecule has 3 rings (SSSR count). The summed E-state index contributed by atoms with van der Waals surface area (Å²) < 4.78 is 0. The fourth-order valence-corrected chi connectivity index (χ4v) is 4.14. The van der Waals surface area contributed by atoms with E-state index >= 15 is 0 Å². The van der Waals surface area contributed by atoms with Gasteiger partial charge in [0.25, 0.3) is 0 Å². The second-order valence-electron chi connectivity index (χ2n) is 7.36. The fourth-order valence-electron chi connectivity index (χ4n) is 4.14. The maximum atomic E-state index is 11.8. The Labute approximate surface area is 163 Å². The Balaban J connectivity index is 0.00000208. The Morgan fingerprint density at radius 3 is 2.58 bits per heavy atom. The minimum atomic E-state index is 0. The van der Waals surface area contributed by atoms with Crippen LogP contribution in [0.25, 0.3) is 0 Å². The van der Waals surface area contributed by atoms with E-state index in [1.165, 1.54) is 38.6 Å². The third-order valence-corrected chi connectivity index (χ3v) is 5.53. The van der Waals surface area contributed by atoms with Crippen LogP contribution in [0.3, 0.4) is 0 Å². The van der Waals surface area contributed by atoms with Gasteiger partial charge in [-0.1, -0.05) is 0 Å². The van der Waals surface area contributed by atoms with Gasteiger partial charge in [-0.05, 0) is 44.6 Å². The maximum absolute atomic E-state index is 11.8. The highest BCUT2D eigenvalue weighted by Gasteiger charge is 2.42. The average Bonchev–Trinajstić information content (AvgIpc) is 3.39. The molecule has 2 atom stereocenters. The number of fused-ring (bicyclic) bond motifs is 1. The molecule has 3 fully saturated rings. The first kappa shape index (κ1) is 19.8. The number of carbonyl (C=O) groups excluding carboxylic acids is 1. The summed E-state index contributed by atoms with van der Waals surface area (Å²) in [5.74, 6) is 1.71. The summed E-state index contributed by atoms with van der Waals surface area (Å²) in [6.07, 6.45) is 6.70. The van der Waals surface area contributed by atoms with Crippen LogP contribution >= 0.6 is 24.0 Å². The van der Waals surface area contributed by atoms with Crippen molar-refractivity contribution in [2.45, 2.75) is 44.2 Å². The number of halogens is 1. The molecule has 3 aliphatic rings. The summed E-state index contributed by atoms with van der Waals surface area (Å²) in [6.45, 7) is 3.73. The van der Waals surface area contributed by atoms with Crippen LogP contribution in [-0.2, 0) is 4.79 Å². The number of piperidine rings is 2. The number of guanidine groups is 1. The molecule has 1 saturated carbocycles. The van der Waals surface area contributed by atoms with Gasteiger partial charge in [0, 0.05) is 46.3 Å². The molecule has 0 spiro atoms. The third kappa shape index (κ3) is 4.53. The van der Waals surface area contributed by atoms with Crippen LogP contribution in [0.2, 0.25) is 0 Å². The van der Waals surface area contributed by atoms with Crippen molar-refractivity contribution in [1.29, 1.82) is 0 Å². The first-order chi connectivity index (χ1) is 11.1. The molecular formula is C17H32IN5O. The van der Waals surface area contributed by atoms with E-state index in [1.807, 2.05) is 7.05 Å². The molecule has 1 aliphatic carbocycles. The van der Waals surface area contributed by atoms with Crippen LogP contribution in [0, 0.1) is 5.92 Å². The van der Waals surface area contributed by atoms with E-state index in [1.54, 1.807) is 19.0 Å². The Morgan fingerprint density at radius 1 is 1.21 bits per heavy atom. The maximum Gasteiger partial charge on any atom is 0.241 e. The lowest BCUT2D eigenvalue weighted by Crippen LogP contribution is -2.57. The van der Waals surface area contributed by atoms with E-state index in [2.05, 4.69) is 20.1 Å². The van der Waals surface area contributed by atoms with Crippen molar-refractivity contribution < 1.29 is 4.79 Å². The number of hydrogen-bond acceptors (Lipinski definition) is 3. The van der Waals surface area contributed by atoms with Crippen LogP contribution in [0.15, 0.2) is 4.99 Å². The van der Waals surface area contributed by atoms with Crippen molar-refractivity contribution in [3.05, 3.63) is 0 Å². The predicted molar refractivity (Wildman–Crippen MR) is 108 cm³/mol. The first-order valence-electron chi connectivity index (χ1n) is 9.01. The Kier molecular flexibility index (Phi) is 7.15. The molecule has 0 aromatic heterocycles. The average molecular weight is 449 g/mol. The Hall–Kier alpha value is -0.570. The number of carbonyl (C=O) groups is 1. The van der Waals surface area contributed by atoms with Gasteiger partial charge in [0.2, 0.25) is 5.91 Å². The zero-order valence-electron chi connectivity index (χ0n) is 15.2. The lowest BCUT2D eigenvalue weighted by atomic mass is 9.83. The monoisotopic (exact) mass is 449 g/mol. The van der Waals surface area contributed by atoms with E-state index in [-0.39, 0.29) is 29.9 Å². The summed E-state index contributed by atoms with van der Waals surface area (Å²) in [4.78, 5) is 22.9. The van der Waals surface area contributed by atoms with Crippen molar-refractivity contribution in [2.24, 2.45) is 10.9 Å². The first-order valence-corrected chi connectivity index (χ1v) is 9.01. The second kappa shape index (κ2) is 8.69. The van der Waals surface area contributed by atoms with Crippen LogP contribution < -0.4 is 5.32 Å². The quantitative estimate of drug-likeness (QED) is 0.400. The van der Waals surface area contributed by atoms with E-state index in [0.29, 0.717) is 6.54 Å². The molecule has 1 amide bonds. The number of nitrogens with zero attached hydrogens (tertiary/aromatic N) is 4. The fraction of sp³-hybridized carbons (Fsp3) is 0.882. The summed E-state index contributed by atoms with van der Waals surface area (Å²) in [6, 6.07) is 1.65. The molecule has 2 unspecified atom stereocenters. The zero-order valence-corrected chi connectivity index (χ0v) is 17.5. The van der Waals surface area contributed by atoms with E-state index in [4.69, 9.17) is 0 Å². The van der Waals surface area contributed by atoms with Crippen molar-refractivity contribution in [3.63, 3.8) is 0 Å². The number of aliphatic imine (C=N–C) groups is 1. The van der Waals surface area contributed by atoms with Gasteiger partial charge in [0.15, 0.2) is 5.96 Å². The van der Waals surface area contributed by atoms with Gasteiger partial charge in [0.05, 0.1) is 6.54 Å². The lowest BCUT2D eigenvalue weighted by Gasteiger charge is -2.48. The second-order valence-corrected chi connectivity index (χ2v) is 7.36. The normalized spacial score (nSPS) is 28.0. The molecule has 2 aliphatic heterocycles. The summed E-state index contributed by atoms with van der Waals surface area (Å²) >= 11 is 0. The lowest BCUT2D eigenvalue weighted by molar-refractivity contribution is -0.127. The molecule has 0 radical (unpaired) electrons. The van der Waals surface area contributed by atoms with E-state index in [9.17, 15) is 4.79 Å². The van der Waals surface area contributed by atoms with Gasteiger partial charge in [0.1, 0.15) is 0 Å². The Bertz CT molecular complexity index is 466. The minimum Gasteiger partial charge on any atom is -0.347 e. The van der Waals surface area contributed by atoms with Crippen molar-refractivity contribution >= 4 is 35.8 Å². The highest BCUT2D eigenvalue weighted by atomic mass is 127. The number of nitrogens with one attached hydrogen (secondary N) is 1. The van der Waals surface area contributed by atoms with Crippen molar-refractivity contribution in [2.75, 3.05) is 47.3 Å². The third-order valence-electron chi connectivity index (χ3n) is 5.53. The van der Waals surface area contributed by atoms with Gasteiger partial charge in [-0.15, -0.1) is 24.0 Å². The molecule has 0 aromatic rings.